The van der Waals surface area contributed by atoms with Crippen LogP contribution in [0.4, 0.5) is 0 Å². The predicted octanol–water partition coefficient (Wildman–Crippen LogP) is 14.6. The maximum absolute atomic E-state index is 2.60. The Morgan fingerprint density at radius 2 is 0.689 bits per heavy atom. The van der Waals surface area contributed by atoms with Gasteiger partial charge in [-0.15, -0.1) is 0 Å². The molecule has 0 amide bonds. The van der Waals surface area contributed by atoms with Gasteiger partial charge in [-0.05, 0) is 25.7 Å². The molecule has 0 aliphatic heterocycles. The number of nitrogens with zero attached hydrogens (tertiary/aromatic N) is 2. The van der Waals surface area contributed by atoms with E-state index in [4.69, 9.17) is 0 Å². The third kappa shape index (κ3) is 26.9. The smallest absolute Gasteiger partial charge is 0.234 e. The van der Waals surface area contributed by atoms with E-state index in [0.29, 0.717) is 0 Å². The highest BCUT2D eigenvalue weighted by molar-refractivity contribution is 4.84. The molecule has 0 unspecified atom stereocenters. The molecule has 1 rings (SSSR count). The first-order chi connectivity index (χ1) is 22.3. The van der Waals surface area contributed by atoms with Gasteiger partial charge in [-0.25, -0.2) is 9.13 Å². The lowest BCUT2D eigenvalue weighted by Gasteiger charge is -2.06. The molecular formula is C43H85N2+. The summed E-state index contributed by atoms with van der Waals surface area (Å²) >= 11 is 0. The molecule has 266 valence electrons. The molecule has 0 saturated heterocycles. The Morgan fingerprint density at radius 1 is 0.378 bits per heavy atom. The van der Waals surface area contributed by atoms with Crippen LogP contribution in [0.3, 0.4) is 0 Å². The van der Waals surface area contributed by atoms with Crippen molar-refractivity contribution in [3.8, 4) is 0 Å². The third-order valence-corrected chi connectivity index (χ3v) is 10.3. The second-order valence-electron chi connectivity index (χ2n) is 14.8. The largest absolute Gasteiger partial charge is 0.256 e. The highest BCUT2D eigenvalue weighted by Gasteiger charge is 2.16. The quantitative estimate of drug-likeness (QED) is 0.0511. The van der Waals surface area contributed by atoms with E-state index >= 15 is 0 Å². The standard InChI is InChI=1S/C43H85N2/c1-4-7-9-11-13-15-17-19-21-23-25-27-29-31-33-35-37-40-45-42-41-44(39-6-3)43(45)38-36-34-32-30-28-26-24-22-20-18-16-14-12-10-8-5-2/h41-42H,4-40H2,1-3H3/q+1. The Labute approximate surface area is 285 Å². The molecular weight excluding hydrogens is 544 g/mol. The van der Waals surface area contributed by atoms with E-state index in [1.54, 1.807) is 5.82 Å². The van der Waals surface area contributed by atoms with Gasteiger partial charge < -0.3 is 0 Å². The second kappa shape index (κ2) is 34.5. The number of unbranched alkanes of at least 4 members (excludes halogenated alkanes) is 31. The summed E-state index contributed by atoms with van der Waals surface area (Å²) in [5, 5.41) is 0. The van der Waals surface area contributed by atoms with Crippen molar-refractivity contribution in [1.82, 2.24) is 4.57 Å². The monoisotopic (exact) mass is 630 g/mol. The maximum Gasteiger partial charge on any atom is 0.256 e. The van der Waals surface area contributed by atoms with Crippen LogP contribution in [0.15, 0.2) is 12.4 Å². The fourth-order valence-corrected chi connectivity index (χ4v) is 7.27. The molecule has 0 aromatic carbocycles. The zero-order valence-corrected chi connectivity index (χ0v) is 31.7. The van der Waals surface area contributed by atoms with Crippen LogP contribution in [0.1, 0.15) is 245 Å². The topological polar surface area (TPSA) is 8.81 Å². The maximum atomic E-state index is 2.60. The Bertz CT molecular complexity index is 692. The average Bonchev–Trinajstić information content (AvgIpc) is 3.43. The molecule has 1 aromatic heterocycles. The van der Waals surface area contributed by atoms with Crippen molar-refractivity contribution in [2.75, 3.05) is 0 Å². The Hall–Kier alpha value is -0.790. The number of hydrogen-bond acceptors (Lipinski definition) is 0. The van der Waals surface area contributed by atoms with E-state index in [2.05, 4.69) is 42.3 Å². The van der Waals surface area contributed by atoms with Crippen LogP contribution in [0.25, 0.3) is 0 Å². The van der Waals surface area contributed by atoms with Crippen molar-refractivity contribution >= 4 is 0 Å². The van der Waals surface area contributed by atoms with E-state index in [1.807, 2.05) is 0 Å². The van der Waals surface area contributed by atoms with Gasteiger partial charge in [0.15, 0.2) is 0 Å². The third-order valence-electron chi connectivity index (χ3n) is 10.3. The molecule has 45 heavy (non-hydrogen) atoms. The van der Waals surface area contributed by atoms with E-state index < -0.39 is 0 Å². The summed E-state index contributed by atoms with van der Waals surface area (Å²) in [6.07, 6.45) is 55.1. The van der Waals surface area contributed by atoms with Crippen LogP contribution in [-0.2, 0) is 19.5 Å². The Morgan fingerprint density at radius 3 is 1.02 bits per heavy atom. The van der Waals surface area contributed by atoms with Gasteiger partial charge in [-0.2, -0.15) is 0 Å². The van der Waals surface area contributed by atoms with Gasteiger partial charge in [0.1, 0.15) is 12.4 Å². The Balaban J connectivity index is 1.98. The predicted molar refractivity (Wildman–Crippen MR) is 202 cm³/mol. The molecule has 1 heterocycles. The van der Waals surface area contributed by atoms with E-state index in [1.165, 1.54) is 238 Å². The van der Waals surface area contributed by atoms with Crippen molar-refractivity contribution in [1.29, 1.82) is 0 Å². The lowest BCUT2D eigenvalue weighted by atomic mass is 10.0. The van der Waals surface area contributed by atoms with Crippen LogP contribution < -0.4 is 4.57 Å². The number of hydrogen-bond donors (Lipinski definition) is 0. The van der Waals surface area contributed by atoms with Crippen molar-refractivity contribution in [2.24, 2.45) is 0 Å². The highest BCUT2D eigenvalue weighted by atomic mass is 15.1. The van der Waals surface area contributed by atoms with Crippen LogP contribution in [0.2, 0.25) is 0 Å². The van der Waals surface area contributed by atoms with Crippen molar-refractivity contribution in [3.63, 3.8) is 0 Å². The van der Waals surface area contributed by atoms with Crippen molar-refractivity contribution in [2.45, 2.75) is 259 Å². The van der Waals surface area contributed by atoms with Gasteiger partial charge in [-0.1, -0.05) is 213 Å². The van der Waals surface area contributed by atoms with Gasteiger partial charge in [0.25, 0.3) is 5.82 Å². The summed E-state index contributed by atoms with van der Waals surface area (Å²) in [6.45, 7) is 9.34. The summed E-state index contributed by atoms with van der Waals surface area (Å²) in [7, 11) is 0. The molecule has 0 bridgehead atoms. The molecule has 0 spiro atoms. The molecule has 0 atom stereocenters. The van der Waals surface area contributed by atoms with Crippen LogP contribution >= 0.6 is 0 Å². The minimum absolute atomic E-state index is 1.18. The fraction of sp³-hybridized carbons (Fsp3) is 0.930. The van der Waals surface area contributed by atoms with Gasteiger partial charge in [0.05, 0.1) is 13.1 Å². The van der Waals surface area contributed by atoms with Crippen LogP contribution in [0, 0.1) is 0 Å². The van der Waals surface area contributed by atoms with E-state index in [0.717, 1.165) is 0 Å². The summed E-state index contributed by atoms with van der Waals surface area (Å²) < 4.78 is 5.16. The molecule has 2 nitrogen and oxygen atoms in total. The second-order valence-corrected chi connectivity index (χ2v) is 14.8. The number of aryl methyl sites for hydroxylation is 2. The summed E-state index contributed by atoms with van der Waals surface area (Å²) in [5.41, 5.74) is 0. The molecule has 1 aromatic rings. The summed E-state index contributed by atoms with van der Waals surface area (Å²) in [4.78, 5) is 0. The first-order valence-electron chi connectivity index (χ1n) is 21.4. The number of imidazole rings is 1. The SMILES string of the molecule is CCCCCCCCCCCCCCCCCCC[n+]1ccn(CCC)c1CCCCCCCCCCCCCCCCCC. The minimum atomic E-state index is 1.18. The van der Waals surface area contributed by atoms with Gasteiger partial charge in [0, 0.05) is 6.42 Å². The first kappa shape index (κ1) is 42.2. The highest BCUT2D eigenvalue weighted by Crippen LogP contribution is 2.16. The normalized spacial score (nSPS) is 11.6. The molecule has 0 aliphatic rings. The zero-order chi connectivity index (χ0) is 32.3. The van der Waals surface area contributed by atoms with Crippen LogP contribution in [0.5, 0.6) is 0 Å². The van der Waals surface area contributed by atoms with Gasteiger partial charge in [-0.3, -0.25) is 0 Å². The number of aromatic nitrogens is 2. The first-order valence-corrected chi connectivity index (χ1v) is 21.4. The lowest BCUT2D eigenvalue weighted by molar-refractivity contribution is -0.704. The van der Waals surface area contributed by atoms with Crippen molar-refractivity contribution in [3.05, 3.63) is 18.2 Å². The molecule has 0 aliphatic carbocycles. The lowest BCUT2D eigenvalue weighted by Crippen LogP contribution is -2.37. The van der Waals surface area contributed by atoms with Gasteiger partial charge in [0.2, 0.25) is 0 Å². The molecule has 2 heteroatoms. The van der Waals surface area contributed by atoms with E-state index in [9.17, 15) is 0 Å². The van der Waals surface area contributed by atoms with Crippen LogP contribution in [-0.4, -0.2) is 4.57 Å². The van der Waals surface area contributed by atoms with Crippen molar-refractivity contribution < 1.29 is 4.57 Å². The van der Waals surface area contributed by atoms with E-state index in [-0.39, 0.29) is 0 Å². The molecule has 0 N–H and O–H groups in total. The zero-order valence-electron chi connectivity index (χ0n) is 31.7. The average molecular weight is 630 g/mol. The summed E-state index contributed by atoms with van der Waals surface area (Å²) in [5.74, 6) is 1.60. The molecule has 0 fully saturated rings. The minimum Gasteiger partial charge on any atom is -0.234 e. The summed E-state index contributed by atoms with van der Waals surface area (Å²) in [6, 6.07) is 0. The molecule has 0 saturated carbocycles. The molecule has 0 radical (unpaired) electrons. The Kier molecular flexibility index (Phi) is 32.4. The van der Waals surface area contributed by atoms with Gasteiger partial charge >= 0.3 is 0 Å². The number of rotatable bonds is 37. The fourth-order valence-electron chi connectivity index (χ4n) is 7.27.